The van der Waals surface area contributed by atoms with Crippen molar-refractivity contribution in [1.82, 2.24) is 25.3 Å². The van der Waals surface area contributed by atoms with Crippen molar-refractivity contribution in [2.75, 3.05) is 26.7 Å². The summed E-state index contributed by atoms with van der Waals surface area (Å²) in [5.74, 6) is 0.903. The Bertz CT molecular complexity index is 437. The maximum absolute atomic E-state index is 4.30. The minimum atomic E-state index is 0.534. The Balaban J connectivity index is 1.38. The van der Waals surface area contributed by atoms with Gasteiger partial charge in [0.05, 0.1) is 6.54 Å². The van der Waals surface area contributed by atoms with Gasteiger partial charge in [0.1, 0.15) is 0 Å². The first kappa shape index (κ1) is 13.4. The summed E-state index contributed by atoms with van der Waals surface area (Å²) >= 11 is 0. The summed E-state index contributed by atoms with van der Waals surface area (Å²) in [5, 5.41) is 11.1. The maximum atomic E-state index is 4.30. The van der Waals surface area contributed by atoms with E-state index in [0.717, 1.165) is 31.6 Å². The smallest absolute Gasteiger partial charge is 0.191 e. The molecule has 0 amide bonds. The molecule has 1 aromatic heterocycles. The van der Waals surface area contributed by atoms with E-state index >= 15 is 0 Å². The van der Waals surface area contributed by atoms with Gasteiger partial charge in [-0.15, -0.1) is 0 Å². The second-order valence-corrected chi connectivity index (χ2v) is 5.62. The molecule has 3 rings (SSSR count). The van der Waals surface area contributed by atoms with E-state index < -0.39 is 0 Å². The zero-order chi connectivity index (χ0) is 13.8. The lowest BCUT2D eigenvalue weighted by molar-refractivity contribution is 0.321. The molecule has 0 aromatic carbocycles. The topological polar surface area (TPSA) is 57.5 Å². The van der Waals surface area contributed by atoms with Crippen LogP contribution in [0.3, 0.4) is 0 Å². The number of hydrogen-bond donors (Lipinski definition) is 2. The fourth-order valence-corrected chi connectivity index (χ4v) is 2.79. The molecule has 6 nitrogen and oxygen atoms in total. The van der Waals surface area contributed by atoms with Crippen LogP contribution in [-0.4, -0.2) is 59.4 Å². The Labute approximate surface area is 120 Å². The van der Waals surface area contributed by atoms with Crippen molar-refractivity contribution in [2.24, 2.45) is 4.99 Å². The molecule has 1 saturated heterocycles. The van der Waals surface area contributed by atoms with E-state index in [1.807, 2.05) is 24.0 Å². The van der Waals surface area contributed by atoms with Crippen molar-refractivity contribution < 1.29 is 0 Å². The van der Waals surface area contributed by atoms with Crippen LogP contribution >= 0.6 is 0 Å². The lowest BCUT2D eigenvalue weighted by atomic mass is 10.3. The van der Waals surface area contributed by atoms with Gasteiger partial charge in [0.25, 0.3) is 0 Å². The Morgan fingerprint density at radius 2 is 2.30 bits per heavy atom. The van der Waals surface area contributed by atoms with Gasteiger partial charge in [0.2, 0.25) is 0 Å². The molecular weight excluding hydrogens is 252 g/mol. The van der Waals surface area contributed by atoms with Gasteiger partial charge in [0.15, 0.2) is 5.96 Å². The van der Waals surface area contributed by atoms with Gasteiger partial charge in [-0.1, -0.05) is 0 Å². The molecule has 2 aliphatic rings. The molecule has 6 heteroatoms. The Morgan fingerprint density at radius 1 is 1.40 bits per heavy atom. The number of rotatable bonds is 5. The first-order valence-electron chi connectivity index (χ1n) is 7.54. The van der Waals surface area contributed by atoms with Gasteiger partial charge >= 0.3 is 0 Å². The molecule has 1 aliphatic carbocycles. The Hall–Kier alpha value is -1.56. The van der Waals surface area contributed by atoms with Gasteiger partial charge in [-0.05, 0) is 25.3 Å². The normalized spacial score (nSPS) is 24.1. The first-order chi connectivity index (χ1) is 9.85. The van der Waals surface area contributed by atoms with Gasteiger partial charge < -0.3 is 10.6 Å². The highest BCUT2D eigenvalue weighted by Crippen LogP contribution is 2.29. The average molecular weight is 276 g/mol. The average Bonchev–Trinajstić information content (AvgIpc) is 2.99. The van der Waals surface area contributed by atoms with Crippen LogP contribution in [0.15, 0.2) is 23.5 Å². The van der Waals surface area contributed by atoms with Crippen LogP contribution in [0.2, 0.25) is 0 Å². The summed E-state index contributed by atoms with van der Waals surface area (Å²) in [6, 6.07) is 3.35. The van der Waals surface area contributed by atoms with Crippen LogP contribution in [0.25, 0.3) is 0 Å². The van der Waals surface area contributed by atoms with Gasteiger partial charge in [-0.25, -0.2) is 0 Å². The van der Waals surface area contributed by atoms with E-state index in [0.29, 0.717) is 6.04 Å². The summed E-state index contributed by atoms with van der Waals surface area (Å²) < 4.78 is 1.92. The van der Waals surface area contributed by atoms with Crippen molar-refractivity contribution in [3.63, 3.8) is 0 Å². The standard InChI is InChI=1S/C14H24N6/c1-15-14(16-7-10-20-8-2-6-17-20)18-12-5-9-19(11-12)13-3-4-13/h2,6,8,12-13H,3-5,7,9-11H2,1H3,(H2,15,16,18). The van der Waals surface area contributed by atoms with E-state index in [1.54, 1.807) is 6.20 Å². The second-order valence-electron chi connectivity index (χ2n) is 5.62. The highest BCUT2D eigenvalue weighted by atomic mass is 15.3. The summed E-state index contributed by atoms with van der Waals surface area (Å²) in [6.07, 6.45) is 7.78. The van der Waals surface area contributed by atoms with E-state index in [2.05, 4.69) is 25.6 Å². The molecule has 2 heterocycles. The van der Waals surface area contributed by atoms with Crippen LogP contribution in [-0.2, 0) is 6.54 Å². The molecule has 0 bridgehead atoms. The Morgan fingerprint density at radius 3 is 3.00 bits per heavy atom. The van der Waals surface area contributed by atoms with Crippen molar-refractivity contribution in [1.29, 1.82) is 0 Å². The molecule has 1 saturated carbocycles. The molecule has 0 radical (unpaired) electrons. The molecule has 110 valence electrons. The molecule has 1 unspecified atom stereocenters. The van der Waals surface area contributed by atoms with Crippen molar-refractivity contribution >= 4 is 5.96 Å². The van der Waals surface area contributed by atoms with Crippen molar-refractivity contribution in [2.45, 2.75) is 37.9 Å². The van der Waals surface area contributed by atoms with Crippen LogP contribution in [0.1, 0.15) is 19.3 Å². The highest BCUT2D eigenvalue weighted by molar-refractivity contribution is 5.79. The minimum Gasteiger partial charge on any atom is -0.355 e. The molecule has 1 atom stereocenters. The molecule has 0 spiro atoms. The van der Waals surface area contributed by atoms with Crippen LogP contribution in [0.5, 0.6) is 0 Å². The first-order valence-corrected chi connectivity index (χ1v) is 7.54. The fourth-order valence-electron chi connectivity index (χ4n) is 2.79. The lowest BCUT2D eigenvalue weighted by Crippen LogP contribution is -2.45. The molecule has 1 aromatic rings. The van der Waals surface area contributed by atoms with Crippen molar-refractivity contribution in [3.05, 3.63) is 18.5 Å². The molecule has 2 fully saturated rings. The second kappa shape index (κ2) is 6.26. The summed E-state index contributed by atoms with van der Waals surface area (Å²) in [7, 11) is 1.83. The van der Waals surface area contributed by atoms with Gasteiger partial charge in [-0.3, -0.25) is 14.6 Å². The van der Waals surface area contributed by atoms with E-state index in [-0.39, 0.29) is 0 Å². The van der Waals surface area contributed by atoms with Crippen LogP contribution < -0.4 is 10.6 Å². The third-order valence-corrected chi connectivity index (χ3v) is 4.04. The molecular formula is C14H24N6. The van der Waals surface area contributed by atoms with Crippen LogP contribution in [0.4, 0.5) is 0 Å². The molecule has 2 N–H and O–H groups in total. The van der Waals surface area contributed by atoms with E-state index in [4.69, 9.17) is 0 Å². The Kier molecular flexibility index (Phi) is 4.20. The number of aromatic nitrogens is 2. The van der Waals surface area contributed by atoms with E-state index in [9.17, 15) is 0 Å². The maximum Gasteiger partial charge on any atom is 0.191 e. The monoisotopic (exact) mass is 276 g/mol. The van der Waals surface area contributed by atoms with Gasteiger partial charge in [-0.2, -0.15) is 5.10 Å². The largest absolute Gasteiger partial charge is 0.355 e. The number of nitrogens with one attached hydrogen (secondary N) is 2. The summed E-state index contributed by atoms with van der Waals surface area (Å²) in [6.45, 7) is 4.07. The molecule has 20 heavy (non-hydrogen) atoms. The predicted molar refractivity (Wildman–Crippen MR) is 79.7 cm³/mol. The summed E-state index contributed by atoms with van der Waals surface area (Å²) in [4.78, 5) is 6.91. The number of hydrogen-bond acceptors (Lipinski definition) is 3. The predicted octanol–water partition coefficient (Wildman–Crippen LogP) is 0.285. The highest BCUT2D eigenvalue weighted by Gasteiger charge is 2.34. The quantitative estimate of drug-likeness (QED) is 0.599. The molecule has 1 aliphatic heterocycles. The zero-order valence-corrected chi connectivity index (χ0v) is 12.1. The third-order valence-electron chi connectivity index (χ3n) is 4.04. The lowest BCUT2D eigenvalue weighted by Gasteiger charge is -2.18. The van der Waals surface area contributed by atoms with Crippen LogP contribution in [0, 0.1) is 0 Å². The SMILES string of the molecule is CN=C(NCCn1cccn1)NC1CCN(C2CC2)C1. The number of nitrogens with zero attached hydrogens (tertiary/aromatic N) is 4. The summed E-state index contributed by atoms with van der Waals surface area (Å²) in [5.41, 5.74) is 0. The zero-order valence-electron chi connectivity index (χ0n) is 12.1. The number of guanidine groups is 1. The van der Waals surface area contributed by atoms with Crippen molar-refractivity contribution in [3.8, 4) is 0 Å². The third kappa shape index (κ3) is 3.50. The number of aliphatic imine (C=N–C) groups is 1. The van der Waals surface area contributed by atoms with E-state index in [1.165, 1.54) is 25.8 Å². The fraction of sp³-hybridized carbons (Fsp3) is 0.714. The minimum absolute atomic E-state index is 0.534. The number of likely N-dealkylation sites (tertiary alicyclic amines) is 1. The van der Waals surface area contributed by atoms with Gasteiger partial charge in [0, 0.05) is 51.2 Å².